The van der Waals surface area contributed by atoms with Gasteiger partial charge in [0.25, 0.3) is 0 Å². The molecule has 1 fully saturated rings. The van der Waals surface area contributed by atoms with Crippen LogP contribution in [0.3, 0.4) is 0 Å². The van der Waals surface area contributed by atoms with Crippen LogP contribution in [0.4, 0.5) is 0 Å². The number of nitrogens with zero attached hydrogens (tertiary/aromatic N) is 3. The molecule has 0 amide bonds. The Morgan fingerprint density at radius 2 is 2.08 bits per heavy atom. The smallest absolute Gasteiger partial charge is 0.208 e. The van der Waals surface area contributed by atoms with Crippen molar-refractivity contribution >= 4 is 6.34 Å². The Bertz CT molecular complexity index is 159. The molecule has 0 aromatic rings. The molecule has 1 rings (SSSR count). The molecule has 12 heavy (non-hydrogen) atoms. The summed E-state index contributed by atoms with van der Waals surface area (Å²) in [5.41, 5.74) is 2.29. The quantitative estimate of drug-likeness (QED) is 0.181. The number of nitrogens with one attached hydrogen (secondary N) is 1. The number of hydrazine groups is 1. The minimum absolute atomic E-state index is 0.870. The van der Waals surface area contributed by atoms with Gasteiger partial charge in [-0.2, -0.15) is 0 Å². The highest BCUT2D eigenvalue weighted by Gasteiger charge is 2.25. The van der Waals surface area contributed by atoms with Gasteiger partial charge in [-0.05, 0) is 7.05 Å². The normalized spacial score (nSPS) is 24.6. The lowest BCUT2D eigenvalue weighted by atomic mass is 10.3. The lowest BCUT2D eigenvalue weighted by Crippen LogP contribution is -2.55. The summed E-state index contributed by atoms with van der Waals surface area (Å²) in [5, 5.41) is 3.85. The highest BCUT2D eigenvalue weighted by atomic mass is 15.5. The summed E-state index contributed by atoms with van der Waals surface area (Å²) in [6.45, 7) is 4.43. The van der Waals surface area contributed by atoms with E-state index in [1.807, 2.05) is 6.34 Å². The predicted octanol–water partition coefficient (Wildman–Crippen LogP) is -1.21. The molecule has 0 radical (unpaired) electrons. The van der Waals surface area contributed by atoms with E-state index in [4.69, 9.17) is 5.84 Å². The first-order chi connectivity index (χ1) is 5.66. The Labute approximate surface area is 73.4 Å². The average molecular weight is 172 g/mol. The minimum atomic E-state index is 0.870. The summed E-state index contributed by atoms with van der Waals surface area (Å²) >= 11 is 0. The van der Waals surface area contributed by atoms with E-state index in [1.165, 1.54) is 0 Å². The fraction of sp³-hybridized carbons (Fsp3) is 0.857. The molecule has 5 nitrogen and oxygen atoms in total. The van der Waals surface area contributed by atoms with E-state index in [1.54, 1.807) is 0 Å². The van der Waals surface area contributed by atoms with Crippen LogP contribution in [0.2, 0.25) is 0 Å². The summed E-state index contributed by atoms with van der Waals surface area (Å²) in [6.07, 6.45) is 1.87. The molecule has 1 saturated heterocycles. The standard InChI is InChI=1S/C7H18N5/c1-11-3-5-12(2,6-4-11)7-9-10-8/h7,10H,3-6,8H2,1-2H3/q+1. The summed E-state index contributed by atoms with van der Waals surface area (Å²) in [7, 11) is 4.30. The lowest BCUT2D eigenvalue weighted by molar-refractivity contribution is -0.819. The number of hydrogen-bond donors (Lipinski definition) is 2. The van der Waals surface area contributed by atoms with E-state index < -0.39 is 0 Å². The van der Waals surface area contributed by atoms with E-state index in [2.05, 4.69) is 29.6 Å². The molecule has 0 aromatic heterocycles. The Morgan fingerprint density at radius 1 is 1.50 bits per heavy atom. The molecule has 1 heterocycles. The Balaban J connectivity index is 2.44. The number of hydrogen-bond acceptors (Lipinski definition) is 4. The van der Waals surface area contributed by atoms with E-state index in [-0.39, 0.29) is 0 Å². The van der Waals surface area contributed by atoms with Crippen LogP contribution < -0.4 is 11.4 Å². The molecule has 1 aliphatic rings. The van der Waals surface area contributed by atoms with Crippen molar-refractivity contribution < 1.29 is 4.48 Å². The van der Waals surface area contributed by atoms with Gasteiger partial charge in [0.05, 0.1) is 20.1 Å². The number of piperazine rings is 1. The molecule has 3 N–H and O–H groups in total. The molecule has 0 aliphatic carbocycles. The van der Waals surface area contributed by atoms with Crippen LogP contribution in [0.15, 0.2) is 5.10 Å². The Hall–Kier alpha value is -0.650. The predicted molar refractivity (Wildman–Crippen MR) is 49.2 cm³/mol. The summed E-state index contributed by atoms with van der Waals surface area (Å²) in [5.74, 6) is 5.06. The van der Waals surface area contributed by atoms with Gasteiger partial charge in [-0.25, -0.2) is 11.4 Å². The summed E-state index contributed by atoms with van der Waals surface area (Å²) in [6, 6.07) is 0. The van der Waals surface area contributed by atoms with Crippen LogP contribution in [-0.2, 0) is 0 Å². The summed E-state index contributed by atoms with van der Waals surface area (Å²) < 4.78 is 0.870. The first kappa shape index (κ1) is 9.44. The molecule has 0 atom stereocenters. The largest absolute Gasteiger partial charge is 0.295 e. The number of nitrogens with two attached hydrogens (primary N) is 1. The molecule has 0 unspecified atom stereocenters. The van der Waals surface area contributed by atoms with Crippen molar-refractivity contribution in [2.75, 3.05) is 40.3 Å². The molecule has 0 bridgehead atoms. The number of likely N-dealkylation sites (N-methyl/N-ethyl adjacent to an activating group) is 2. The molecular weight excluding hydrogens is 154 g/mol. The topological polar surface area (TPSA) is 53.6 Å². The van der Waals surface area contributed by atoms with Gasteiger partial charge in [-0.3, -0.25) is 9.38 Å². The van der Waals surface area contributed by atoms with Gasteiger partial charge in [0.2, 0.25) is 6.34 Å². The van der Waals surface area contributed by atoms with Crippen LogP contribution in [0.1, 0.15) is 0 Å². The third-order valence-corrected chi connectivity index (χ3v) is 2.40. The fourth-order valence-corrected chi connectivity index (χ4v) is 1.31. The Kier molecular flexibility index (Phi) is 3.02. The van der Waals surface area contributed by atoms with Gasteiger partial charge in [-0.1, -0.05) is 0 Å². The highest BCUT2D eigenvalue weighted by Crippen LogP contribution is 2.04. The zero-order chi connectivity index (χ0) is 9.03. The minimum Gasteiger partial charge on any atom is -0.295 e. The van der Waals surface area contributed by atoms with Gasteiger partial charge in [0.1, 0.15) is 0 Å². The van der Waals surface area contributed by atoms with Gasteiger partial charge < -0.3 is 0 Å². The lowest BCUT2D eigenvalue weighted by Gasteiger charge is -2.36. The van der Waals surface area contributed by atoms with E-state index in [0.717, 1.165) is 30.7 Å². The highest BCUT2D eigenvalue weighted by molar-refractivity contribution is 5.45. The number of quaternary nitrogens is 1. The van der Waals surface area contributed by atoms with E-state index >= 15 is 0 Å². The van der Waals surface area contributed by atoms with Crippen molar-refractivity contribution in [2.45, 2.75) is 0 Å². The zero-order valence-corrected chi connectivity index (χ0v) is 7.82. The van der Waals surface area contributed by atoms with Gasteiger partial charge >= 0.3 is 0 Å². The molecular formula is C7H18N5+. The zero-order valence-electron chi connectivity index (χ0n) is 7.82. The molecule has 70 valence electrons. The first-order valence-electron chi connectivity index (χ1n) is 4.19. The second-order valence-electron chi connectivity index (χ2n) is 3.60. The van der Waals surface area contributed by atoms with E-state index in [0.29, 0.717) is 0 Å². The molecule has 1 aliphatic heterocycles. The second kappa shape index (κ2) is 3.84. The van der Waals surface area contributed by atoms with Crippen molar-refractivity contribution in [1.82, 2.24) is 10.4 Å². The van der Waals surface area contributed by atoms with E-state index in [9.17, 15) is 0 Å². The molecule has 0 spiro atoms. The maximum Gasteiger partial charge on any atom is 0.208 e. The maximum absolute atomic E-state index is 5.06. The number of rotatable bonds is 2. The first-order valence-corrected chi connectivity index (χ1v) is 4.19. The Morgan fingerprint density at radius 3 is 2.58 bits per heavy atom. The molecule has 0 saturated carbocycles. The van der Waals surface area contributed by atoms with Gasteiger partial charge in [0.15, 0.2) is 0 Å². The van der Waals surface area contributed by atoms with Crippen molar-refractivity contribution in [2.24, 2.45) is 10.9 Å². The van der Waals surface area contributed by atoms with Crippen LogP contribution in [0, 0.1) is 0 Å². The molecule has 5 heteroatoms. The second-order valence-corrected chi connectivity index (χ2v) is 3.60. The van der Waals surface area contributed by atoms with Gasteiger partial charge in [0, 0.05) is 13.1 Å². The third-order valence-electron chi connectivity index (χ3n) is 2.40. The summed E-state index contributed by atoms with van der Waals surface area (Å²) in [4.78, 5) is 2.32. The monoisotopic (exact) mass is 172 g/mol. The van der Waals surface area contributed by atoms with Crippen molar-refractivity contribution in [3.8, 4) is 0 Å². The maximum atomic E-state index is 5.06. The molecule has 0 aromatic carbocycles. The van der Waals surface area contributed by atoms with Gasteiger partial charge in [-0.15, -0.1) is 5.10 Å². The van der Waals surface area contributed by atoms with Crippen LogP contribution in [0.25, 0.3) is 0 Å². The SMILES string of the molecule is CN1CC[N+](C)(C=NNN)CC1. The van der Waals surface area contributed by atoms with Crippen molar-refractivity contribution in [3.63, 3.8) is 0 Å². The number of hydrazone groups is 1. The van der Waals surface area contributed by atoms with Crippen LogP contribution >= 0.6 is 0 Å². The fourth-order valence-electron chi connectivity index (χ4n) is 1.31. The third kappa shape index (κ3) is 2.44. The van der Waals surface area contributed by atoms with Crippen LogP contribution in [-0.4, -0.2) is 56.0 Å². The van der Waals surface area contributed by atoms with Crippen molar-refractivity contribution in [1.29, 1.82) is 0 Å². The van der Waals surface area contributed by atoms with Crippen LogP contribution in [0.5, 0.6) is 0 Å². The van der Waals surface area contributed by atoms with Crippen molar-refractivity contribution in [3.05, 3.63) is 0 Å². The average Bonchev–Trinajstić information content (AvgIpc) is 2.08.